The second-order valence-electron chi connectivity index (χ2n) is 12.1. The number of hydrogen-bond acceptors (Lipinski definition) is 4. The number of rotatable bonds is 3. The van der Waals surface area contributed by atoms with E-state index in [0.29, 0.717) is 0 Å². The van der Waals surface area contributed by atoms with Crippen molar-refractivity contribution < 1.29 is 4.74 Å². The summed E-state index contributed by atoms with van der Waals surface area (Å²) in [6, 6.07) is 60.5. The minimum absolute atomic E-state index is 0.00591. The van der Waals surface area contributed by atoms with E-state index in [1.807, 2.05) is 0 Å². The summed E-state index contributed by atoms with van der Waals surface area (Å²) in [6.45, 7) is 0.00591. The van der Waals surface area contributed by atoms with E-state index in [1.54, 1.807) is 0 Å². The maximum atomic E-state index is 6.93. The van der Waals surface area contributed by atoms with Crippen molar-refractivity contribution in [3.8, 4) is 11.5 Å². The standard InChI is InChI=1S/C42H28BN3O/c1-4-16-29(17-5-1)44-35-25-13-14-26-36(35)46(31-20-8-3-9-21-31)41-37(44)28-39-40-42(41)45(30-18-6-2-7-19-30)34-24-12-10-22-32(34)43(40)33-23-11-15-27-38(33)47-39/h1-28H. The summed E-state index contributed by atoms with van der Waals surface area (Å²) in [5, 5.41) is 0. The summed E-state index contributed by atoms with van der Waals surface area (Å²) in [5.74, 6) is 1.78. The van der Waals surface area contributed by atoms with Crippen LogP contribution in [0.5, 0.6) is 11.5 Å². The van der Waals surface area contributed by atoms with E-state index in [-0.39, 0.29) is 6.71 Å². The first kappa shape index (κ1) is 26.1. The number of ether oxygens (including phenoxy) is 1. The van der Waals surface area contributed by atoms with Gasteiger partial charge in [-0.15, -0.1) is 0 Å². The number of hydrogen-bond donors (Lipinski definition) is 0. The van der Waals surface area contributed by atoms with Crippen LogP contribution < -0.4 is 35.8 Å². The van der Waals surface area contributed by atoms with Crippen molar-refractivity contribution >= 4 is 74.3 Å². The number of anilines is 9. The van der Waals surface area contributed by atoms with Crippen LogP contribution in [0.15, 0.2) is 170 Å². The molecule has 0 saturated heterocycles. The molecule has 3 aliphatic heterocycles. The van der Waals surface area contributed by atoms with Crippen molar-refractivity contribution in [3.05, 3.63) is 170 Å². The Hall–Kier alpha value is -6.20. The van der Waals surface area contributed by atoms with Gasteiger partial charge in [-0.05, 0) is 77.1 Å². The molecule has 3 heterocycles. The number of benzene rings is 7. The zero-order valence-electron chi connectivity index (χ0n) is 25.5. The molecule has 0 N–H and O–H groups in total. The van der Waals surface area contributed by atoms with E-state index in [1.165, 1.54) is 22.1 Å². The van der Waals surface area contributed by atoms with Crippen LogP contribution in [0.1, 0.15) is 0 Å². The summed E-state index contributed by atoms with van der Waals surface area (Å²) in [4.78, 5) is 7.29. The Balaban J connectivity index is 1.39. The van der Waals surface area contributed by atoms with Gasteiger partial charge in [-0.2, -0.15) is 0 Å². The molecule has 5 heteroatoms. The molecule has 0 amide bonds. The zero-order chi connectivity index (χ0) is 30.9. The van der Waals surface area contributed by atoms with Gasteiger partial charge < -0.3 is 19.4 Å². The molecule has 7 aromatic carbocycles. The number of fused-ring (bicyclic) bond motifs is 7. The quantitative estimate of drug-likeness (QED) is 0.188. The molecule has 0 atom stereocenters. The smallest absolute Gasteiger partial charge is 0.256 e. The summed E-state index contributed by atoms with van der Waals surface area (Å²) in [6.07, 6.45) is 0. The average Bonchev–Trinajstić information content (AvgIpc) is 3.14. The summed E-state index contributed by atoms with van der Waals surface area (Å²) < 4.78 is 6.93. The van der Waals surface area contributed by atoms with Crippen LogP contribution in [0, 0.1) is 0 Å². The molecule has 4 nitrogen and oxygen atoms in total. The molecule has 0 aliphatic carbocycles. The molecule has 0 fully saturated rings. The summed E-state index contributed by atoms with van der Waals surface area (Å²) >= 11 is 0. The van der Waals surface area contributed by atoms with E-state index in [2.05, 4.69) is 185 Å². The fraction of sp³-hybridized carbons (Fsp3) is 0. The molecule has 7 aromatic rings. The van der Waals surface area contributed by atoms with Gasteiger partial charge in [0.15, 0.2) is 0 Å². The molecule has 10 rings (SSSR count). The van der Waals surface area contributed by atoms with Gasteiger partial charge in [0, 0.05) is 28.8 Å². The molecule has 220 valence electrons. The average molecular weight is 602 g/mol. The third-order valence-corrected chi connectivity index (χ3v) is 9.58. The number of nitrogens with zero attached hydrogens (tertiary/aromatic N) is 3. The first-order chi connectivity index (χ1) is 23.4. The van der Waals surface area contributed by atoms with Crippen LogP contribution in [0.2, 0.25) is 0 Å². The monoisotopic (exact) mass is 601 g/mol. The highest BCUT2D eigenvalue weighted by atomic mass is 16.5. The van der Waals surface area contributed by atoms with Gasteiger partial charge in [-0.1, -0.05) is 103 Å². The highest BCUT2D eigenvalue weighted by Crippen LogP contribution is 2.60. The Morgan fingerprint density at radius 2 is 0.830 bits per heavy atom. The van der Waals surface area contributed by atoms with Crippen molar-refractivity contribution in [1.29, 1.82) is 0 Å². The molecular formula is C42H28BN3O. The van der Waals surface area contributed by atoms with Crippen molar-refractivity contribution in [2.75, 3.05) is 14.7 Å². The van der Waals surface area contributed by atoms with Crippen LogP contribution in [0.4, 0.5) is 51.2 Å². The first-order valence-corrected chi connectivity index (χ1v) is 16.1. The molecule has 0 saturated carbocycles. The van der Waals surface area contributed by atoms with Crippen molar-refractivity contribution in [2.24, 2.45) is 0 Å². The summed E-state index contributed by atoms with van der Waals surface area (Å²) in [7, 11) is 0. The van der Waals surface area contributed by atoms with Gasteiger partial charge in [0.2, 0.25) is 0 Å². The third-order valence-electron chi connectivity index (χ3n) is 9.58. The largest absolute Gasteiger partial charge is 0.458 e. The lowest BCUT2D eigenvalue weighted by Crippen LogP contribution is -2.59. The Labute approximate surface area is 274 Å². The summed E-state index contributed by atoms with van der Waals surface area (Å²) in [5.41, 5.74) is 13.6. The second-order valence-corrected chi connectivity index (χ2v) is 12.1. The Kier molecular flexibility index (Phi) is 5.63. The van der Waals surface area contributed by atoms with Crippen LogP contribution in [0.3, 0.4) is 0 Å². The van der Waals surface area contributed by atoms with Crippen molar-refractivity contribution in [1.82, 2.24) is 0 Å². The highest BCUT2D eigenvalue weighted by Gasteiger charge is 2.46. The van der Waals surface area contributed by atoms with E-state index in [0.717, 1.165) is 57.0 Å². The SMILES string of the molecule is c1ccc(N2c3ccccc3N(c3ccccc3)c3c2cc2c4c3N(c3ccccc3)c3ccccc3B4c3ccccc3O2)cc1. The Morgan fingerprint density at radius 3 is 1.47 bits per heavy atom. The van der Waals surface area contributed by atoms with Gasteiger partial charge >= 0.3 is 0 Å². The fourth-order valence-electron chi connectivity index (χ4n) is 7.72. The van der Waals surface area contributed by atoms with Crippen molar-refractivity contribution in [2.45, 2.75) is 0 Å². The highest BCUT2D eigenvalue weighted by molar-refractivity contribution is 6.99. The van der Waals surface area contributed by atoms with Gasteiger partial charge in [-0.25, -0.2) is 0 Å². The molecule has 0 bridgehead atoms. The van der Waals surface area contributed by atoms with E-state index >= 15 is 0 Å². The second kappa shape index (κ2) is 10.2. The number of para-hydroxylation sites is 7. The predicted octanol–water partition coefficient (Wildman–Crippen LogP) is 9.34. The van der Waals surface area contributed by atoms with Crippen LogP contribution >= 0.6 is 0 Å². The minimum atomic E-state index is 0.00591. The van der Waals surface area contributed by atoms with E-state index < -0.39 is 0 Å². The van der Waals surface area contributed by atoms with Crippen LogP contribution in [-0.2, 0) is 0 Å². The fourth-order valence-corrected chi connectivity index (χ4v) is 7.72. The Bertz CT molecular complexity index is 2310. The van der Waals surface area contributed by atoms with E-state index in [9.17, 15) is 0 Å². The molecular weight excluding hydrogens is 573 g/mol. The van der Waals surface area contributed by atoms with Gasteiger partial charge in [0.25, 0.3) is 6.71 Å². The van der Waals surface area contributed by atoms with E-state index in [4.69, 9.17) is 4.74 Å². The third kappa shape index (κ3) is 3.77. The molecule has 0 spiro atoms. The predicted molar refractivity (Wildman–Crippen MR) is 195 cm³/mol. The zero-order valence-corrected chi connectivity index (χ0v) is 25.5. The molecule has 3 aliphatic rings. The van der Waals surface area contributed by atoms with Crippen LogP contribution in [-0.4, -0.2) is 6.71 Å². The normalized spacial score (nSPS) is 13.5. The van der Waals surface area contributed by atoms with Crippen LogP contribution in [0.25, 0.3) is 0 Å². The molecule has 0 aromatic heterocycles. The molecule has 47 heavy (non-hydrogen) atoms. The van der Waals surface area contributed by atoms with Crippen molar-refractivity contribution in [3.63, 3.8) is 0 Å². The molecule has 0 radical (unpaired) electrons. The van der Waals surface area contributed by atoms with Gasteiger partial charge in [0.1, 0.15) is 11.5 Å². The lowest BCUT2D eigenvalue weighted by molar-refractivity contribution is 0.487. The lowest BCUT2D eigenvalue weighted by atomic mass is 9.34. The molecule has 0 unspecified atom stereocenters. The van der Waals surface area contributed by atoms with Gasteiger partial charge in [-0.3, -0.25) is 0 Å². The topological polar surface area (TPSA) is 19.0 Å². The maximum Gasteiger partial charge on any atom is 0.256 e. The maximum absolute atomic E-state index is 6.93. The minimum Gasteiger partial charge on any atom is -0.458 e. The first-order valence-electron chi connectivity index (χ1n) is 16.1. The van der Waals surface area contributed by atoms with Gasteiger partial charge in [0.05, 0.1) is 28.4 Å². The Morgan fingerprint density at radius 1 is 0.362 bits per heavy atom. The lowest BCUT2D eigenvalue weighted by Gasteiger charge is -2.47.